The van der Waals surface area contributed by atoms with Crippen LogP contribution in [0.3, 0.4) is 0 Å². The van der Waals surface area contributed by atoms with Crippen molar-refractivity contribution in [3.63, 3.8) is 0 Å². The van der Waals surface area contributed by atoms with Crippen molar-refractivity contribution < 1.29 is 32.5 Å². The number of aromatic nitrogens is 5. The predicted molar refractivity (Wildman–Crippen MR) is 157 cm³/mol. The molecule has 1 amide bonds. The molecule has 4 heterocycles. The van der Waals surface area contributed by atoms with Gasteiger partial charge in [0.2, 0.25) is 4.96 Å². The van der Waals surface area contributed by atoms with E-state index in [9.17, 15) is 18.0 Å². The molecule has 6 aromatic rings. The van der Waals surface area contributed by atoms with Gasteiger partial charge in [0.05, 0.1) is 35.8 Å². The topological polar surface area (TPSA) is 124 Å². The zero-order valence-corrected chi connectivity index (χ0v) is 24.8. The van der Waals surface area contributed by atoms with Gasteiger partial charge in [-0.2, -0.15) is 18.3 Å². The van der Waals surface area contributed by atoms with Gasteiger partial charge in [-0.15, -0.1) is 22.7 Å². The number of nitrogens with one attached hydrogen (secondary N) is 1. The molecule has 1 atom stereocenters. The highest BCUT2D eigenvalue weighted by molar-refractivity contribution is 7.22. The standard InChI is InChI=1S/C27H21F3N6O4S3/c1-13-35-36-10-19(34-26(36)42-13)25-33-18-7-17(39-2)8-20(22(18)43-25)40-11-16-12-41-24(32-16)15-5-3-14(4-6-15)23(38)31-9-21(37)27(28,29)30/h3-8,10,12,21,37H,9,11H2,1-2H3,(H,31,38). The predicted octanol–water partition coefficient (Wildman–Crippen LogP) is 5.74. The van der Waals surface area contributed by atoms with Crippen molar-refractivity contribution in [1.29, 1.82) is 0 Å². The van der Waals surface area contributed by atoms with E-state index in [2.05, 4.69) is 20.4 Å². The van der Waals surface area contributed by atoms with E-state index in [0.717, 1.165) is 30.9 Å². The van der Waals surface area contributed by atoms with Crippen LogP contribution in [0.25, 0.3) is 36.5 Å². The number of methoxy groups -OCH3 is 1. The fraction of sp³-hybridized carbons (Fsp3) is 0.222. The van der Waals surface area contributed by atoms with E-state index in [1.165, 1.54) is 46.1 Å². The van der Waals surface area contributed by atoms with Crippen LogP contribution in [0.15, 0.2) is 48.0 Å². The number of ether oxygens (including phenoxy) is 2. The number of carbonyl (C=O) groups excluding carboxylic acids is 1. The van der Waals surface area contributed by atoms with Crippen molar-refractivity contribution in [3.05, 3.63) is 64.2 Å². The normalized spacial score (nSPS) is 12.6. The Balaban J connectivity index is 1.15. The van der Waals surface area contributed by atoms with Gasteiger partial charge in [-0.1, -0.05) is 23.5 Å². The van der Waals surface area contributed by atoms with Crippen molar-refractivity contribution in [2.75, 3.05) is 13.7 Å². The van der Waals surface area contributed by atoms with Crippen LogP contribution in [-0.4, -0.2) is 61.5 Å². The molecule has 0 spiro atoms. The van der Waals surface area contributed by atoms with E-state index in [-0.39, 0.29) is 12.2 Å². The van der Waals surface area contributed by atoms with Crippen molar-refractivity contribution in [1.82, 2.24) is 29.9 Å². The van der Waals surface area contributed by atoms with Gasteiger partial charge in [-0.3, -0.25) is 4.79 Å². The summed E-state index contributed by atoms with van der Waals surface area (Å²) in [6.45, 7) is 1.18. The number of aliphatic hydroxyl groups is 1. The van der Waals surface area contributed by atoms with Crippen LogP contribution in [0.5, 0.6) is 11.5 Å². The van der Waals surface area contributed by atoms with Crippen LogP contribution in [0.2, 0.25) is 0 Å². The minimum absolute atomic E-state index is 0.158. The van der Waals surface area contributed by atoms with E-state index in [1.807, 2.05) is 24.6 Å². The van der Waals surface area contributed by atoms with E-state index in [4.69, 9.17) is 19.6 Å². The first-order chi connectivity index (χ1) is 20.6. The summed E-state index contributed by atoms with van der Waals surface area (Å²) in [5.41, 5.74) is 3.00. The number of benzene rings is 2. The summed E-state index contributed by atoms with van der Waals surface area (Å²) in [5.74, 6) is 0.463. The number of amides is 1. The molecule has 10 nitrogen and oxygen atoms in total. The third-order valence-electron chi connectivity index (χ3n) is 6.18. The average Bonchev–Trinajstić information content (AvgIpc) is 3.77. The fourth-order valence-electron chi connectivity index (χ4n) is 4.04. The zero-order chi connectivity index (χ0) is 30.3. The van der Waals surface area contributed by atoms with Gasteiger partial charge in [-0.25, -0.2) is 19.5 Å². The molecule has 0 radical (unpaired) electrons. The second-order valence-electron chi connectivity index (χ2n) is 9.24. The molecular formula is C27H21F3N6O4S3. The number of rotatable bonds is 9. The van der Waals surface area contributed by atoms with E-state index < -0.39 is 24.7 Å². The molecule has 6 rings (SSSR count). The SMILES string of the molecule is COc1cc(OCc2csc(-c3ccc(C(=O)NCC(O)C(F)(F)F)cc3)n2)c2sc(-c3cn4nc(C)sc4n3)nc2c1. The maximum Gasteiger partial charge on any atom is 0.416 e. The van der Waals surface area contributed by atoms with Gasteiger partial charge in [0, 0.05) is 28.6 Å². The van der Waals surface area contributed by atoms with Gasteiger partial charge in [-0.05, 0) is 19.1 Å². The number of imidazole rings is 1. The molecule has 0 saturated heterocycles. The Bertz CT molecular complexity index is 1900. The molecule has 2 N–H and O–H groups in total. The number of halogens is 3. The Morgan fingerprint density at radius 3 is 2.63 bits per heavy atom. The number of aliphatic hydroxyl groups excluding tert-OH is 1. The van der Waals surface area contributed by atoms with Gasteiger partial charge in [0.1, 0.15) is 38.8 Å². The van der Waals surface area contributed by atoms with Gasteiger partial charge in [0.25, 0.3) is 5.91 Å². The number of hydrogen-bond donors (Lipinski definition) is 2. The number of hydrogen-bond acceptors (Lipinski definition) is 11. The highest BCUT2D eigenvalue weighted by Gasteiger charge is 2.38. The average molecular weight is 647 g/mol. The quantitative estimate of drug-likeness (QED) is 0.204. The second kappa shape index (κ2) is 11.5. The Morgan fingerprint density at radius 1 is 1.12 bits per heavy atom. The fourth-order valence-corrected chi connectivity index (χ4v) is 6.55. The third-order valence-corrected chi connectivity index (χ3v) is 9.07. The van der Waals surface area contributed by atoms with Gasteiger partial charge >= 0.3 is 6.18 Å². The lowest BCUT2D eigenvalue weighted by Gasteiger charge is -2.15. The largest absolute Gasteiger partial charge is 0.497 e. The van der Waals surface area contributed by atoms with Crippen LogP contribution in [0, 0.1) is 6.92 Å². The molecule has 43 heavy (non-hydrogen) atoms. The first kappa shape index (κ1) is 29.0. The van der Waals surface area contributed by atoms with Crippen molar-refractivity contribution in [2.45, 2.75) is 25.8 Å². The summed E-state index contributed by atoms with van der Waals surface area (Å²) in [4.78, 5) is 27.0. The number of thiazole rings is 2. The lowest BCUT2D eigenvalue weighted by molar-refractivity contribution is -0.201. The molecule has 0 aliphatic heterocycles. The number of alkyl halides is 3. The highest BCUT2D eigenvalue weighted by Crippen LogP contribution is 2.39. The lowest BCUT2D eigenvalue weighted by Crippen LogP contribution is -2.40. The first-order valence-corrected chi connectivity index (χ1v) is 15.1. The van der Waals surface area contributed by atoms with Crippen LogP contribution < -0.4 is 14.8 Å². The molecule has 0 saturated carbocycles. The zero-order valence-electron chi connectivity index (χ0n) is 22.4. The minimum Gasteiger partial charge on any atom is -0.497 e. The van der Waals surface area contributed by atoms with Crippen LogP contribution >= 0.6 is 34.0 Å². The molecular weight excluding hydrogens is 626 g/mol. The number of nitrogens with zero attached hydrogens (tertiary/aromatic N) is 5. The molecule has 0 bridgehead atoms. The molecule has 4 aromatic heterocycles. The summed E-state index contributed by atoms with van der Waals surface area (Å²) < 4.78 is 51.6. The Labute approximate surface area is 253 Å². The number of carbonyl (C=O) groups is 1. The summed E-state index contributed by atoms with van der Waals surface area (Å²) in [6.07, 6.45) is -5.59. The van der Waals surface area contributed by atoms with Crippen LogP contribution in [0.4, 0.5) is 13.2 Å². The summed E-state index contributed by atoms with van der Waals surface area (Å²) in [5, 5.41) is 19.8. The van der Waals surface area contributed by atoms with Crippen LogP contribution in [0.1, 0.15) is 21.1 Å². The smallest absolute Gasteiger partial charge is 0.416 e. The number of aryl methyl sites for hydroxylation is 1. The maximum absolute atomic E-state index is 12.5. The Kier molecular flexibility index (Phi) is 7.76. The van der Waals surface area contributed by atoms with Gasteiger partial charge in [0.15, 0.2) is 6.10 Å². The molecule has 2 aromatic carbocycles. The van der Waals surface area contributed by atoms with E-state index >= 15 is 0 Å². The minimum atomic E-state index is -4.80. The van der Waals surface area contributed by atoms with Crippen molar-refractivity contribution in [2.24, 2.45) is 0 Å². The first-order valence-electron chi connectivity index (χ1n) is 12.6. The van der Waals surface area contributed by atoms with Crippen molar-refractivity contribution >= 4 is 55.1 Å². The second-order valence-corrected chi connectivity index (χ2v) is 12.3. The van der Waals surface area contributed by atoms with E-state index in [1.54, 1.807) is 29.8 Å². The summed E-state index contributed by atoms with van der Waals surface area (Å²) in [6, 6.07) is 9.91. The monoisotopic (exact) mass is 646 g/mol. The summed E-state index contributed by atoms with van der Waals surface area (Å²) >= 11 is 4.34. The molecule has 0 aliphatic carbocycles. The van der Waals surface area contributed by atoms with Crippen molar-refractivity contribution in [3.8, 4) is 32.8 Å². The maximum atomic E-state index is 12.5. The summed E-state index contributed by atoms with van der Waals surface area (Å²) in [7, 11) is 1.57. The molecule has 0 fully saturated rings. The highest BCUT2D eigenvalue weighted by atomic mass is 32.1. The van der Waals surface area contributed by atoms with E-state index in [0.29, 0.717) is 27.7 Å². The third kappa shape index (κ3) is 6.17. The van der Waals surface area contributed by atoms with Crippen LogP contribution in [-0.2, 0) is 6.61 Å². The Morgan fingerprint density at radius 2 is 1.91 bits per heavy atom. The van der Waals surface area contributed by atoms with Gasteiger partial charge < -0.3 is 19.9 Å². The molecule has 0 aliphatic rings. The molecule has 1 unspecified atom stereocenters. The molecule has 222 valence electrons. The Hall–Kier alpha value is -4.12. The lowest BCUT2D eigenvalue weighted by atomic mass is 10.1. The molecule has 16 heteroatoms. The number of fused-ring (bicyclic) bond motifs is 2.